The zero-order valence-corrected chi connectivity index (χ0v) is 15.2. The number of hydrogen-bond acceptors (Lipinski definition) is 8. The van der Waals surface area contributed by atoms with E-state index in [2.05, 4.69) is 37.5 Å². The molecule has 1 fully saturated rings. The molecule has 22 heavy (non-hydrogen) atoms. The van der Waals surface area contributed by atoms with Crippen molar-refractivity contribution in [3.05, 3.63) is 40.1 Å². The van der Waals surface area contributed by atoms with E-state index in [0.29, 0.717) is 6.61 Å². The average Bonchev–Trinajstić information content (AvgIpc) is 3.15. The molecule has 3 aliphatic rings. The van der Waals surface area contributed by atoms with Crippen molar-refractivity contribution in [1.82, 2.24) is 26.0 Å². The number of nitrogens with one attached hydrogen (secondary N) is 2. The lowest BCUT2D eigenvalue weighted by Crippen LogP contribution is -2.42. The van der Waals surface area contributed by atoms with Crippen LogP contribution in [0.25, 0.3) is 0 Å². The molecule has 0 bridgehead atoms. The van der Waals surface area contributed by atoms with Gasteiger partial charge in [0, 0.05) is 23.8 Å². The van der Waals surface area contributed by atoms with Crippen molar-refractivity contribution < 1.29 is 4.74 Å². The van der Waals surface area contributed by atoms with E-state index in [-0.39, 0.29) is 30.1 Å². The van der Waals surface area contributed by atoms with E-state index in [4.69, 9.17) is 4.74 Å². The molecule has 0 unspecified atom stereocenters. The number of nitrogens with zero attached hydrogens (tertiary/aromatic N) is 4. The topological polar surface area (TPSA) is 65.0 Å². The molecule has 0 amide bonds. The van der Waals surface area contributed by atoms with Crippen LogP contribution in [0.1, 0.15) is 16.8 Å². The summed E-state index contributed by atoms with van der Waals surface area (Å²) in [6.07, 6.45) is 6.15. The van der Waals surface area contributed by atoms with Crippen LogP contribution in [-0.2, 0) is 4.74 Å². The van der Waals surface area contributed by atoms with Crippen molar-refractivity contribution >= 4 is 41.1 Å². The molecule has 0 aromatic carbocycles. The fraction of sp³-hybridized carbons (Fsp3) is 0.385. The molecule has 0 radical (unpaired) electrons. The number of morpholine rings is 1. The van der Waals surface area contributed by atoms with Crippen LogP contribution in [0.15, 0.2) is 34.5 Å². The largest absolute Gasteiger partial charge is 0.367 e. The summed E-state index contributed by atoms with van der Waals surface area (Å²) in [5.74, 6) is 0.860. The zero-order chi connectivity index (χ0) is 14.2. The predicted octanol–water partition coefficient (Wildman–Crippen LogP) is 1.49. The Hall–Kier alpha value is -1.17. The first-order chi connectivity index (χ1) is 10.3. The normalized spacial score (nSPS) is 23.4. The highest BCUT2D eigenvalue weighted by molar-refractivity contribution is 14.0. The van der Waals surface area contributed by atoms with Crippen molar-refractivity contribution in [3.8, 4) is 0 Å². The molecule has 1 atom stereocenters. The van der Waals surface area contributed by atoms with E-state index in [1.807, 2.05) is 24.2 Å². The van der Waals surface area contributed by atoms with Crippen LogP contribution in [0.5, 0.6) is 0 Å². The summed E-state index contributed by atoms with van der Waals surface area (Å²) in [4.78, 5) is 6.86. The van der Waals surface area contributed by atoms with Gasteiger partial charge in [-0.1, -0.05) is 0 Å². The predicted molar refractivity (Wildman–Crippen MR) is 95.3 cm³/mol. The van der Waals surface area contributed by atoms with Crippen LogP contribution < -0.4 is 11.1 Å². The van der Waals surface area contributed by atoms with Gasteiger partial charge in [0.1, 0.15) is 11.1 Å². The molecule has 2 N–H and O–H groups in total. The standard InChI is InChI=1S/C13H16N6OS.HI/c1-9-8-21-13(14-9)11-7-18(4-5-20-11)10-2-3-12-15-16-17-19(12)6-10;/h2-3,6,8,11,16-17H,4-5,7H2,1H3;1H/t11-;/m0./s1. The maximum atomic E-state index is 5.87. The summed E-state index contributed by atoms with van der Waals surface area (Å²) in [6, 6.07) is 0. The number of aryl methyl sites for hydroxylation is 1. The molecule has 4 heterocycles. The van der Waals surface area contributed by atoms with Gasteiger partial charge in [-0.2, -0.15) is 0 Å². The molecule has 3 aliphatic heterocycles. The molecule has 7 nitrogen and oxygen atoms in total. The molecule has 0 saturated carbocycles. The summed E-state index contributed by atoms with van der Waals surface area (Å²) in [7, 11) is 0. The molecule has 1 aromatic rings. The maximum Gasteiger partial charge on any atom is 0.170 e. The van der Waals surface area contributed by atoms with Crippen LogP contribution in [0.4, 0.5) is 0 Å². The first-order valence-electron chi connectivity index (χ1n) is 6.86. The quantitative estimate of drug-likeness (QED) is 0.691. The highest BCUT2D eigenvalue weighted by Crippen LogP contribution is 2.27. The molecule has 1 saturated heterocycles. The number of hydrogen-bond donors (Lipinski definition) is 2. The average molecular weight is 432 g/mol. The minimum absolute atomic E-state index is 0. The van der Waals surface area contributed by atoms with E-state index in [9.17, 15) is 0 Å². The number of hydrazone groups is 1. The number of amidine groups is 1. The van der Waals surface area contributed by atoms with E-state index in [1.54, 1.807) is 11.3 Å². The fourth-order valence-electron chi connectivity index (χ4n) is 2.54. The third-order valence-electron chi connectivity index (χ3n) is 3.60. The first kappa shape index (κ1) is 15.7. The summed E-state index contributed by atoms with van der Waals surface area (Å²) >= 11 is 1.67. The van der Waals surface area contributed by atoms with E-state index in [0.717, 1.165) is 35.3 Å². The lowest BCUT2D eigenvalue weighted by Gasteiger charge is -2.35. The maximum absolute atomic E-state index is 5.87. The van der Waals surface area contributed by atoms with Gasteiger partial charge in [0.15, 0.2) is 5.84 Å². The lowest BCUT2D eigenvalue weighted by atomic mass is 10.2. The van der Waals surface area contributed by atoms with Crippen LogP contribution in [-0.4, -0.2) is 40.4 Å². The number of ether oxygens (including phenoxy) is 1. The van der Waals surface area contributed by atoms with Crippen molar-refractivity contribution in [1.29, 1.82) is 0 Å². The SMILES string of the molecule is Cc1csc([C@@H]2CN(C3=CN4NNN=C4C=C3)CCO2)n1.I. The number of halogens is 1. The van der Waals surface area contributed by atoms with E-state index < -0.39 is 0 Å². The van der Waals surface area contributed by atoms with E-state index >= 15 is 0 Å². The second-order valence-corrected chi connectivity index (χ2v) is 5.97. The first-order valence-corrected chi connectivity index (χ1v) is 7.73. The van der Waals surface area contributed by atoms with E-state index in [1.165, 1.54) is 0 Å². The van der Waals surface area contributed by atoms with Crippen LogP contribution in [0.2, 0.25) is 0 Å². The lowest BCUT2D eigenvalue weighted by molar-refractivity contribution is -0.0175. The molecule has 9 heteroatoms. The highest BCUT2D eigenvalue weighted by atomic mass is 127. The zero-order valence-electron chi connectivity index (χ0n) is 12.0. The molecular formula is C13H17IN6OS. The molecular weight excluding hydrogens is 415 g/mol. The van der Waals surface area contributed by atoms with Crippen LogP contribution in [0.3, 0.4) is 0 Å². The van der Waals surface area contributed by atoms with Gasteiger partial charge in [0.05, 0.1) is 18.8 Å². The van der Waals surface area contributed by atoms with Gasteiger partial charge in [0.2, 0.25) is 0 Å². The van der Waals surface area contributed by atoms with Crippen molar-refractivity contribution in [2.75, 3.05) is 19.7 Å². The van der Waals surface area contributed by atoms with Gasteiger partial charge in [-0.3, -0.25) is 0 Å². The minimum atomic E-state index is 0. The molecule has 4 rings (SSSR count). The summed E-state index contributed by atoms with van der Waals surface area (Å²) in [5, 5.41) is 9.10. The van der Waals surface area contributed by atoms with Gasteiger partial charge < -0.3 is 9.64 Å². The Morgan fingerprint density at radius 1 is 1.41 bits per heavy atom. The Morgan fingerprint density at radius 3 is 3.14 bits per heavy atom. The number of rotatable bonds is 2. The fourth-order valence-corrected chi connectivity index (χ4v) is 3.37. The third-order valence-corrected chi connectivity index (χ3v) is 4.65. The third kappa shape index (κ3) is 2.98. The summed E-state index contributed by atoms with van der Waals surface area (Å²) in [6.45, 7) is 4.42. The van der Waals surface area contributed by atoms with Crippen molar-refractivity contribution in [3.63, 3.8) is 0 Å². The Labute approximate surface area is 149 Å². The van der Waals surface area contributed by atoms with Crippen LogP contribution >= 0.6 is 35.3 Å². The number of aromatic nitrogens is 1. The van der Waals surface area contributed by atoms with Crippen molar-refractivity contribution in [2.24, 2.45) is 5.10 Å². The molecule has 0 aliphatic carbocycles. The van der Waals surface area contributed by atoms with Gasteiger partial charge >= 0.3 is 0 Å². The second kappa shape index (κ2) is 6.52. The Kier molecular flexibility index (Phi) is 4.66. The molecule has 0 spiro atoms. The van der Waals surface area contributed by atoms with Gasteiger partial charge in [-0.15, -0.1) is 45.9 Å². The molecule has 1 aromatic heterocycles. The Morgan fingerprint density at radius 2 is 2.32 bits per heavy atom. The number of thiazole rings is 1. The van der Waals surface area contributed by atoms with Gasteiger partial charge in [0.25, 0.3) is 0 Å². The number of allylic oxidation sites excluding steroid dienone is 1. The Bertz CT molecular complexity index is 642. The highest BCUT2D eigenvalue weighted by Gasteiger charge is 2.27. The monoisotopic (exact) mass is 432 g/mol. The van der Waals surface area contributed by atoms with Crippen molar-refractivity contribution in [2.45, 2.75) is 13.0 Å². The second-order valence-electron chi connectivity index (χ2n) is 5.08. The number of fused-ring (bicyclic) bond motifs is 1. The Balaban J connectivity index is 0.00000144. The molecule has 118 valence electrons. The number of hydrazine groups is 2. The smallest absolute Gasteiger partial charge is 0.170 e. The van der Waals surface area contributed by atoms with Gasteiger partial charge in [-0.25, -0.2) is 15.5 Å². The minimum Gasteiger partial charge on any atom is -0.367 e. The summed E-state index contributed by atoms with van der Waals surface area (Å²) < 4.78 is 5.87. The summed E-state index contributed by atoms with van der Waals surface area (Å²) in [5.41, 5.74) is 7.90. The van der Waals surface area contributed by atoms with Gasteiger partial charge in [-0.05, 0) is 19.1 Å². The van der Waals surface area contributed by atoms with Crippen LogP contribution in [0, 0.1) is 6.92 Å².